The van der Waals surface area contributed by atoms with Crippen LogP contribution >= 0.6 is 22.6 Å². The van der Waals surface area contributed by atoms with Crippen molar-refractivity contribution < 1.29 is 14.2 Å². The maximum absolute atomic E-state index is 13.6. The van der Waals surface area contributed by atoms with Gasteiger partial charge >= 0.3 is 0 Å². The van der Waals surface area contributed by atoms with Crippen LogP contribution in [0.4, 0.5) is 4.39 Å². The maximum Gasteiger partial charge on any atom is 0.130 e. The van der Waals surface area contributed by atoms with Gasteiger partial charge in [-0.15, -0.1) is 0 Å². The van der Waals surface area contributed by atoms with Crippen molar-refractivity contribution in [2.75, 3.05) is 0 Å². The van der Waals surface area contributed by atoms with Gasteiger partial charge in [-0.3, -0.25) is 0 Å². The van der Waals surface area contributed by atoms with E-state index in [9.17, 15) is 9.50 Å². The average Bonchev–Trinajstić information content (AvgIpc) is 3.04. The molecule has 3 nitrogen and oxygen atoms in total. The third-order valence-corrected chi connectivity index (χ3v) is 7.10. The van der Waals surface area contributed by atoms with Gasteiger partial charge in [-0.25, -0.2) is 4.39 Å². The predicted octanol–water partition coefficient (Wildman–Crippen LogP) is 6.58. The second kappa shape index (κ2) is 7.95. The highest BCUT2D eigenvalue weighted by Gasteiger charge is 2.42. The Balaban J connectivity index is 1.64. The largest absolute Gasteiger partial charge is 0.488 e. The van der Waals surface area contributed by atoms with E-state index in [2.05, 4.69) is 45.4 Å². The predicted molar refractivity (Wildman–Crippen MR) is 129 cm³/mol. The number of aromatic nitrogens is 1. The molecule has 0 spiro atoms. The normalized spacial score (nSPS) is 20.6. The zero-order valence-corrected chi connectivity index (χ0v) is 19.3. The van der Waals surface area contributed by atoms with Crippen molar-refractivity contribution in [3.8, 4) is 11.4 Å². The smallest absolute Gasteiger partial charge is 0.130 e. The van der Waals surface area contributed by atoms with E-state index >= 15 is 0 Å². The molecule has 1 aromatic heterocycles. The van der Waals surface area contributed by atoms with Gasteiger partial charge in [0, 0.05) is 20.9 Å². The van der Waals surface area contributed by atoms with Gasteiger partial charge in [0.2, 0.25) is 0 Å². The number of nitrogens with zero attached hydrogens (tertiary/aromatic N) is 1. The Labute approximate surface area is 194 Å². The molecule has 5 heteroatoms. The van der Waals surface area contributed by atoms with Gasteiger partial charge in [0.15, 0.2) is 0 Å². The summed E-state index contributed by atoms with van der Waals surface area (Å²) in [4.78, 5) is 0. The Hall–Kier alpha value is -2.38. The second-order valence-corrected chi connectivity index (χ2v) is 9.62. The summed E-state index contributed by atoms with van der Waals surface area (Å²) in [6.07, 6.45) is 1.42. The molecule has 0 bridgehead atoms. The third kappa shape index (κ3) is 3.85. The van der Waals surface area contributed by atoms with Gasteiger partial charge in [-0.2, -0.15) is 0 Å². The van der Waals surface area contributed by atoms with Crippen molar-refractivity contribution in [3.63, 3.8) is 0 Å². The number of benzene rings is 3. The summed E-state index contributed by atoms with van der Waals surface area (Å²) in [5, 5.41) is 11.4. The number of ether oxygens (including phenoxy) is 1. The first-order valence-corrected chi connectivity index (χ1v) is 11.5. The molecule has 1 aliphatic carbocycles. The SMILES string of the molecule is CC1(O)CC(c2c(I)c3c(OCc4ccccc4)cccc3n2-c2ccc(F)cc2)C1. The molecule has 1 heterocycles. The van der Waals surface area contributed by atoms with E-state index in [4.69, 9.17) is 4.74 Å². The molecule has 0 amide bonds. The van der Waals surface area contributed by atoms with Crippen LogP contribution in [0, 0.1) is 9.39 Å². The van der Waals surface area contributed by atoms with Crippen molar-refractivity contribution in [2.24, 2.45) is 0 Å². The lowest BCUT2D eigenvalue weighted by atomic mass is 9.70. The standard InChI is InChI=1S/C26H23FINO2/c1-26(30)14-18(15-26)25-24(28)23-21(29(25)20-12-10-19(27)11-13-20)8-5-9-22(23)31-16-17-6-3-2-4-7-17/h2-13,18,30H,14-16H2,1H3. The maximum atomic E-state index is 13.6. The topological polar surface area (TPSA) is 34.4 Å². The highest BCUT2D eigenvalue weighted by atomic mass is 127. The van der Waals surface area contributed by atoms with E-state index in [1.807, 2.05) is 49.4 Å². The van der Waals surface area contributed by atoms with E-state index in [0.717, 1.165) is 37.2 Å². The van der Waals surface area contributed by atoms with Crippen LogP contribution < -0.4 is 4.74 Å². The van der Waals surface area contributed by atoms with Crippen molar-refractivity contribution in [1.29, 1.82) is 0 Å². The molecule has 0 saturated heterocycles. The molecule has 5 rings (SSSR count). The molecule has 1 N–H and O–H groups in total. The number of hydrogen-bond acceptors (Lipinski definition) is 2. The van der Waals surface area contributed by atoms with Crippen molar-refractivity contribution in [1.82, 2.24) is 4.57 Å². The van der Waals surface area contributed by atoms with Gasteiger partial charge in [0.05, 0.1) is 16.5 Å². The molecule has 1 saturated carbocycles. The van der Waals surface area contributed by atoms with Gasteiger partial charge in [-0.1, -0.05) is 36.4 Å². The van der Waals surface area contributed by atoms with Crippen molar-refractivity contribution >= 4 is 33.5 Å². The van der Waals surface area contributed by atoms with Crippen LogP contribution in [-0.2, 0) is 6.61 Å². The van der Waals surface area contributed by atoms with Gasteiger partial charge in [-0.05, 0) is 84.3 Å². The van der Waals surface area contributed by atoms with E-state index in [1.54, 1.807) is 0 Å². The van der Waals surface area contributed by atoms with E-state index in [1.165, 1.54) is 12.1 Å². The Morgan fingerprint density at radius 3 is 2.42 bits per heavy atom. The van der Waals surface area contributed by atoms with Crippen LogP contribution in [-0.4, -0.2) is 15.3 Å². The molecule has 4 aromatic rings. The second-order valence-electron chi connectivity index (χ2n) is 8.54. The van der Waals surface area contributed by atoms with E-state index < -0.39 is 5.60 Å². The molecule has 0 radical (unpaired) electrons. The number of hydrogen-bond donors (Lipinski definition) is 1. The van der Waals surface area contributed by atoms with Crippen LogP contribution in [0.2, 0.25) is 0 Å². The molecular weight excluding hydrogens is 504 g/mol. The summed E-state index contributed by atoms with van der Waals surface area (Å²) < 4.78 is 23.2. The highest BCUT2D eigenvalue weighted by Crippen LogP contribution is 2.49. The van der Waals surface area contributed by atoms with Crippen molar-refractivity contribution in [2.45, 2.75) is 37.9 Å². The van der Waals surface area contributed by atoms with Gasteiger partial charge in [0.1, 0.15) is 18.2 Å². The summed E-state index contributed by atoms with van der Waals surface area (Å²) in [6, 6.07) is 22.8. The van der Waals surface area contributed by atoms with Gasteiger partial charge in [0.25, 0.3) is 0 Å². The minimum absolute atomic E-state index is 0.237. The molecule has 3 aromatic carbocycles. The first-order valence-electron chi connectivity index (χ1n) is 10.4. The molecule has 158 valence electrons. The summed E-state index contributed by atoms with van der Waals surface area (Å²) in [6.45, 7) is 2.38. The third-order valence-electron chi connectivity index (χ3n) is 6.01. The van der Waals surface area contributed by atoms with Crippen LogP contribution in [0.5, 0.6) is 5.75 Å². The Morgan fingerprint density at radius 1 is 1.03 bits per heavy atom. The molecule has 31 heavy (non-hydrogen) atoms. The summed E-state index contributed by atoms with van der Waals surface area (Å²) in [5.74, 6) is 0.815. The molecule has 1 aliphatic rings. The number of fused-ring (bicyclic) bond motifs is 1. The van der Waals surface area contributed by atoms with E-state index in [0.29, 0.717) is 19.4 Å². The first-order chi connectivity index (χ1) is 14.9. The number of aliphatic hydroxyl groups is 1. The lowest BCUT2D eigenvalue weighted by molar-refractivity contribution is -0.0328. The first kappa shape index (κ1) is 20.5. The van der Waals surface area contributed by atoms with Crippen LogP contribution in [0.25, 0.3) is 16.6 Å². The average molecular weight is 527 g/mol. The van der Waals surface area contributed by atoms with Crippen LogP contribution in [0.1, 0.15) is 36.9 Å². The fourth-order valence-corrected chi connectivity index (χ4v) is 5.79. The molecular formula is C26H23FINO2. The van der Waals surface area contributed by atoms with Crippen molar-refractivity contribution in [3.05, 3.63) is 93.4 Å². The minimum atomic E-state index is -0.634. The highest BCUT2D eigenvalue weighted by molar-refractivity contribution is 14.1. The molecule has 0 unspecified atom stereocenters. The summed E-state index contributed by atoms with van der Waals surface area (Å²) in [7, 11) is 0. The van der Waals surface area contributed by atoms with Gasteiger partial charge < -0.3 is 14.4 Å². The summed E-state index contributed by atoms with van der Waals surface area (Å²) in [5.41, 5.74) is 3.58. The fourth-order valence-electron chi connectivity index (χ4n) is 4.56. The van der Waals surface area contributed by atoms with Crippen LogP contribution in [0.3, 0.4) is 0 Å². The lowest BCUT2D eigenvalue weighted by Crippen LogP contribution is -2.40. The fraction of sp³-hybridized carbons (Fsp3) is 0.231. The molecule has 0 atom stereocenters. The Bertz CT molecular complexity index is 1220. The number of halogens is 2. The molecule has 1 fully saturated rings. The molecule has 0 aliphatic heterocycles. The monoisotopic (exact) mass is 527 g/mol. The van der Waals surface area contributed by atoms with E-state index in [-0.39, 0.29) is 11.7 Å². The van der Waals surface area contributed by atoms with Crippen LogP contribution in [0.15, 0.2) is 72.8 Å². The Morgan fingerprint density at radius 2 is 1.74 bits per heavy atom. The Kier molecular flexibility index (Phi) is 5.26. The quantitative estimate of drug-likeness (QED) is 0.298. The lowest BCUT2D eigenvalue weighted by Gasteiger charge is -2.41. The minimum Gasteiger partial charge on any atom is -0.488 e. The zero-order valence-electron chi connectivity index (χ0n) is 17.2. The number of rotatable bonds is 5. The summed E-state index contributed by atoms with van der Waals surface area (Å²) >= 11 is 2.40. The zero-order chi connectivity index (χ0) is 21.6.